The number of ether oxygens (including phenoxy) is 1. The Morgan fingerprint density at radius 3 is 2.61 bits per heavy atom. The molecule has 8 nitrogen and oxygen atoms in total. The summed E-state index contributed by atoms with van der Waals surface area (Å²) in [6, 6.07) is 1.38. The molecule has 0 bridgehead atoms. The monoisotopic (exact) mass is 557 g/mol. The van der Waals surface area contributed by atoms with Crippen molar-refractivity contribution in [1.82, 2.24) is 20.0 Å². The van der Waals surface area contributed by atoms with E-state index in [2.05, 4.69) is 15.7 Å². The van der Waals surface area contributed by atoms with Gasteiger partial charge in [0.1, 0.15) is 23.3 Å². The molecular weight excluding hydrogens is 530 g/mol. The Morgan fingerprint density at radius 2 is 1.97 bits per heavy atom. The van der Waals surface area contributed by atoms with Gasteiger partial charge in [-0.25, -0.2) is 18.3 Å². The topological polar surface area (TPSA) is 91.7 Å². The standard InChI is InChI=1S/C25H28ClF4N5O3/c1-38-8-7-34-12-19(15-9-16(27)11-17(28)10-15)20(13-34)31-24(37)32-23-21(26)22(25(29,30)14-36)33-35(23)18-5-3-2-4-6-18/h2-5,9-11,18-20,36H,6-8,12-14H2,1H3,(H2,31,32,37)/t18?,19-,20+/m0/s1. The van der Waals surface area contributed by atoms with Crippen LogP contribution in [-0.2, 0) is 10.7 Å². The molecule has 3 N–H and O–H groups in total. The van der Waals surface area contributed by atoms with E-state index >= 15 is 0 Å². The third-order valence-electron chi connectivity index (χ3n) is 6.54. The second kappa shape index (κ2) is 11.9. The minimum absolute atomic E-state index is 0.167. The van der Waals surface area contributed by atoms with Crippen molar-refractivity contribution in [1.29, 1.82) is 0 Å². The van der Waals surface area contributed by atoms with Gasteiger partial charge in [0, 0.05) is 38.7 Å². The van der Waals surface area contributed by atoms with Gasteiger partial charge in [0.2, 0.25) is 0 Å². The minimum atomic E-state index is -3.73. The predicted octanol–water partition coefficient (Wildman–Crippen LogP) is 4.19. The lowest BCUT2D eigenvalue weighted by Crippen LogP contribution is -2.42. The van der Waals surface area contributed by atoms with Gasteiger partial charge in [-0.15, -0.1) is 0 Å². The van der Waals surface area contributed by atoms with Crippen molar-refractivity contribution < 1.29 is 32.2 Å². The van der Waals surface area contributed by atoms with Crippen molar-refractivity contribution in [2.24, 2.45) is 0 Å². The number of halogens is 5. The molecule has 1 unspecified atom stereocenters. The van der Waals surface area contributed by atoms with Crippen LogP contribution in [0.3, 0.4) is 0 Å². The Bertz CT molecular complexity index is 1200. The zero-order valence-corrected chi connectivity index (χ0v) is 21.3. The molecule has 1 aromatic heterocycles. The van der Waals surface area contributed by atoms with Crippen molar-refractivity contribution in [3.63, 3.8) is 0 Å². The van der Waals surface area contributed by atoms with Gasteiger partial charge in [-0.3, -0.25) is 10.2 Å². The molecular formula is C25H28ClF4N5O3. The molecule has 0 radical (unpaired) electrons. The SMILES string of the molecule is COCCN1C[C@@H](NC(=O)Nc2c(Cl)c(C(F)(F)CO)nn2C2C=CC=CC2)[C@H](c2cc(F)cc(F)c2)C1. The fourth-order valence-electron chi connectivity index (χ4n) is 4.70. The summed E-state index contributed by atoms with van der Waals surface area (Å²) in [7, 11) is 1.55. The maximum absolute atomic E-state index is 14.4. The largest absolute Gasteiger partial charge is 0.390 e. The highest BCUT2D eigenvalue weighted by molar-refractivity contribution is 6.34. The number of aliphatic hydroxyl groups is 1. The number of hydrogen-bond acceptors (Lipinski definition) is 5. The number of hydrogen-bond donors (Lipinski definition) is 3. The lowest BCUT2D eigenvalue weighted by atomic mass is 9.94. The Kier molecular flexibility index (Phi) is 8.76. The first-order valence-electron chi connectivity index (χ1n) is 12.0. The van der Waals surface area contributed by atoms with E-state index in [0.717, 1.165) is 6.07 Å². The molecule has 38 heavy (non-hydrogen) atoms. The lowest BCUT2D eigenvalue weighted by Gasteiger charge is -2.22. The Morgan fingerprint density at radius 1 is 1.24 bits per heavy atom. The van der Waals surface area contributed by atoms with Gasteiger partial charge >= 0.3 is 12.0 Å². The Labute approximate surface area is 221 Å². The quantitative estimate of drug-likeness (QED) is 0.402. The number of anilines is 1. The molecule has 2 heterocycles. The van der Waals surface area contributed by atoms with Crippen molar-refractivity contribution in [2.75, 3.05) is 45.3 Å². The Balaban J connectivity index is 1.59. The molecule has 2 aliphatic rings. The zero-order chi connectivity index (χ0) is 27.4. The van der Waals surface area contributed by atoms with E-state index in [1.807, 2.05) is 11.0 Å². The van der Waals surface area contributed by atoms with Crippen molar-refractivity contribution in [3.05, 3.63) is 70.4 Å². The number of alkyl halides is 2. The average molecular weight is 558 g/mol. The average Bonchev–Trinajstić information content (AvgIpc) is 3.43. The van der Waals surface area contributed by atoms with Crippen LogP contribution in [0.5, 0.6) is 0 Å². The molecule has 1 aliphatic carbocycles. The van der Waals surface area contributed by atoms with Crippen molar-refractivity contribution >= 4 is 23.4 Å². The van der Waals surface area contributed by atoms with Crippen molar-refractivity contribution in [2.45, 2.75) is 30.3 Å². The molecule has 206 valence electrons. The number of nitrogens with zero attached hydrogens (tertiary/aromatic N) is 3. The van der Waals surface area contributed by atoms with E-state index < -0.39 is 58.9 Å². The van der Waals surface area contributed by atoms with Crippen molar-refractivity contribution in [3.8, 4) is 0 Å². The fraction of sp³-hybridized carbons (Fsp3) is 0.440. The summed E-state index contributed by atoms with van der Waals surface area (Å²) in [6.45, 7) is 0.201. The molecule has 2 amide bonds. The first-order valence-corrected chi connectivity index (χ1v) is 12.4. The second-order valence-corrected chi connectivity index (χ2v) is 9.58. The number of methoxy groups -OCH3 is 1. The normalized spacial score (nSPS) is 21.7. The van der Waals surface area contributed by atoms with Crippen LogP contribution in [0.2, 0.25) is 5.02 Å². The van der Waals surface area contributed by atoms with Crippen LogP contribution < -0.4 is 10.6 Å². The third-order valence-corrected chi connectivity index (χ3v) is 6.90. The maximum atomic E-state index is 14.4. The van der Waals surface area contributed by atoms with E-state index in [1.54, 1.807) is 25.3 Å². The van der Waals surface area contributed by atoms with Gasteiger partial charge in [-0.05, 0) is 24.1 Å². The third kappa shape index (κ3) is 6.20. The molecule has 0 spiro atoms. The Hall–Kier alpha value is -2.93. The molecule has 13 heteroatoms. The summed E-state index contributed by atoms with van der Waals surface area (Å²) in [5.74, 6) is -5.82. The van der Waals surface area contributed by atoms with Crippen LogP contribution in [0.1, 0.15) is 29.6 Å². The number of carbonyl (C=O) groups excluding carboxylic acids is 1. The zero-order valence-electron chi connectivity index (χ0n) is 20.5. The molecule has 1 saturated heterocycles. The van der Waals surface area contributed by atoms with Crippen LogP contribution in [0.15, 0.2) is 42.5 Å². The summed E-state index contributed by atoms with van der Waals surface area (Å²) < 4.78 is 63.0. The summed E-state index contributed by atoms with van der Waals surface area (Å²) in [5, 5.41) is 17.9. The number of urea groups is 1. The number of rotatable bonds is 9. The van der Waals surface area contributed by atoms with E-state index in [1.165, 1.54) is 16.8 Å². The van der Waals surface area contributed by atoms with Gasteiger partial charge in [0.25, 0.3) is 0 Å². The van der Waals surface area contributed by atoms with E-state index in [0.29, 0.717) is 38.2 Å². The first-order chi connectivity index (χ1) is 18.1. The highest BCUT2D eigenvalue weighted by atomic mass is 35.5. The van der Waals surface area contributed by atoms with Crippen LogP contribution in [0.4, 0.5) is 28.2 Å². The van der Waals surface area contributed by atoms with Gasteiger partial charge in [-0.2, -0.15) is 13.9 Å². The summed E-state index contributed by atoms with van der Waals surface area (Å²) in [4.78, 5) is 15.1. The lowest BCUT2D eigenvalue weighted by molar-refractivity contribution is -0.0596. The predicted molar refractivity (Wildman–Crippen MR) is 134 cm³/mol. The van der Waals surface area contributed by atoms with Crippen LogP contribution in [0.25, 0.3) is 0 Å². The molecule has 3 atom stereocenters. The molecule has 1 aromatic carbocycles. The summed E-state index contributed by atoms with van der Waals surface area (Å²) in [5.41, 5.74) is -0.487. The van der Waals surface area contributed by atoms with E-state index in [4.69, 9.17) is 21.4 Å². The number of aliphatic hydroxyl groups excluding tert-OH is 1. The maximum Gasteiger partial charge on any atom is 0.320 e. The number of amides is 2. The number of likely N-dealkylation sites (tertiary alicyclic amines) is 1. The van der Waals surface area contributed by atoms with Crippen LogP contribution in [0, 0.1) is 11.6 Å². The van der Waals surface area contributed by atoms with E-state index in [9.17, 15) is 22.4 Å². The number of allylic oxidation sites excluding steroid dienone is 4. The van der Waals surface area contributed by atoms with Gasteiger partial charge in [0.05, 0.1) is 18.7 Å². The van der Waals surface area contributed by atoms with Gasteiger partial charge < -0.3 is 15.2 Å². The fourth-order valence-corrected chi connectivity index (χ4v) is 5.01. The second-order valence-electron chi connectivity index (χ2n) is 9.20. The molecule has 0 saturated carbocycles. The van der Waals surface area contributed by atoms with Crippen LogP contribution >= 0.6 is 11.6 Å². The minimum Gasteiger partial charge on any atom is -0.390 e. The molecule has 1 aliphatic heterocycles. The first kappa shape index (κ1) is 28.1. The molecule has 4 rings (SSSR count). The van der Waals surface area contributed by atoms with E-state index in [-0.39, 0.29) is 5.82 Å². The number of aromatic nitrogens is 2. The van der Waals surface area contributed by atoms with Crippen LogP contribution in [-0.4, -0.2) is 71.8 Å². The summed E-state index contributed by atoms with van der Waals surface area (Å²) >= 11 is 6.25. The van der Waals surface area contributed by atoms with Gasteiger partial charge in [-0.1, -0.05) is 35.9 Å². The molecule has 2 aromatic rings. The number of benzene rings is 1. The summed E-state index contributed by atoms with van der Waals surface area (Å²) in [6.07, 6.45) is 7.44. The number of nitrogens with one attached hydrogen (secondary N) is 2. The molecule has 1 fully saturated rings. The highest BCUT2D eigenvalue weighted by Crippen LogP contribution is 2.39. The van der Waals surface area contributed by atoms with Gasteiger partial charge in [0.15, 0.2) is 11.5 Å². The number of carbonyl (C=O) groups is 1. The smallest absolute Gasteiger partial charge is 0.320 e. The highest BCUT2D eigenvalue weighted by Gasteiger charge is 2.40.